The van der Waals surface area contributed by atoms with Crippen LogP contribution in [0, 0.1) is 0 Å². The third kappa shape index (κ3) is 4.63. The van der Waals surface area contributed by atoms with Gasteiger partial charge in [0.05, 0.1) is 16.7 Å². The molecular weight excluding hydrogens is 537 g/mol. The van der Waals surface area contributed by atoms with E-state index < -0.39 is 0 Å². The smallest absolute Gasteiger partial charge is 0.262 e. The molecule has 0 saturated carbocycles. The van der Waals surface area contributed by atoms with E-state index in [0.717, 1.165) is 45.9 Å². The summed E-state index contributed by atoms with van der Waals surface area (Å²) >= 11 is 3.80. The number of amides is 1. The predicted molar refractivity (Wildman–Crippen MR) is 138 cm³/mol. The third-order valence-electron chi connectivity index (χ3n) is 5.35. The number of hydrogen-bond acceptors (Lipinski definition) is 6. The summed E-state index contributed by atoms with van der Waals surface area (Å²) < 4.78 is 9.00. The van der Waals surface area contributed by atoms with E-state index in [1.165, 1.54) is 4.70 Å². The molecule has 4 aromatic rings. The molecule has 2 heterocycles. The number of carbonyl (C=O) groups is 1. The van der Waals surface area contributed by atoms with Gasteiger partial charge in [-0.2, -0.15) is 4.57 Å². The molecule has 1 N–H and O–H groups in total. The number of para-hydroxylation sites is 1. The minimum absolute atomic E-state index is 0.0528. The Morgan fingerprint density at radius 2 is 1.94 bits per heavy atom. The van der Waals surface area contributed by atoms with E-state index in [9.17, 15) is 4.79 Å². The number of alkyl halides is 1. The Morgan fingerprint density at radius 1 is 1.16 bits per heavy atom. The summed E-state index contributed by atoms with van der Waals surface area (Å²) in [7, 11) is 0. The Balaban J connectivity index is 1.68. The van der Waals surface area contributed by atoms with E-state index in [4.69, 9.17) is 4.63 Å². The van der Waals surface area contributed by atoms with Crippen LogP contribution in [0.2, 0.25) is 0 Å². The standard InChI is InChI=1S/C23H24IN5O2S/c1-3-28(4-2)18-11-9-16(22-23(18)27-31-26-22)10-12-21-29(14-13-25-20(30)15-24)17-7-5-6-8-19(17)32-21/h5-12H,3-4,13-15H2,1-2H3/p+1. The fourth-order valence-corrected chi connectivity index (χ4v) is 5.11. The number of carbonyl (C=O) groups excluding carboxylic acids is 1. The lowest BCUT2D eigenvalue weighted by Crippen LogP contribution is -2.41. The van der Waals surface area contributed by atoms with Crippen molar-refractivity contribution in [2.75, 3.05) is 29.0 Å². The Bertz CT molecular complexity index is 1260. The van der Waals surface area contributed by atoms with Crippen molar-refractivity contribution in [2.45, 2.75) is 20.4 Å². The van der Waals surface area contributed by atoms with Gasteiger partial charge in [0, 0.05) is 30.8 Å². The molecule has 4 rings (SSSR count). The zero-order valence-electron chi connectivity index (χ0n) is 18.0. The Kier molecular flexibility index (Phi) is 7.36. The number of thiazole rings is 1. The highest BCUT2D eigenvalue weighted by atomic mass is 127. The molecule has 32 heavy (non-hydrogen) atoms. The fourth-order valence-electron chi connectivity index (χ4n) is 3.75. The maximum atomic E-state index is 11.7. The van der Waals surface area contributed by atoms with Crippen LogP contribution in [0.3, 0.4) is 0 Å². The molecule has 0 saturated heterocycles. The van der Waals surface area contributed by atoms with Gasteiger partial charge >= 0.3 is 0 Å². The Hall–Kier alpha value is -2.53. The lowest BCUT2D eigenvalue weighted by atomic mass is 10.1. The van der Waals surface area contributed by atoms with Gasteiger partial charge in [0.1, 0.15) is 10.2 Å². The molecule has 0 aliphatic heterocycles. The first-order valence-electron chi connectivity index (χ1n) is 10.6. The van der Waals surface area contributed by atoms with Crippen LogP contribution in [-0.4, -0.2) is 40.3 Å². The van der Waals surface area contributed by atoms with Gasteiger partial charge in [-0.1, -0.05) is 52.1 Å². The quantitative estimate of drug-likeness (QED) is 0.187. The summed E-state index contributed by atoms with van der Waals surface area (Å²) in [6.07, 6.45) is 4.16. The van der Waals surface area contributed by atoms with Crippen LogP contribution in [-0.2, 0) is 11.3 Å². The first-order valence-corrected chi connectivity index (χ1v) is 12.9. The summed E-state index contributed by atoms with van der Waals surface area (Å²) in [5.74, 6) is 0.0528. The van der Waals surface area contributed by atoms with Crippen LogP contribution in [0.4, 0.5) is 5.69 Å². The number of rotatable bonds is 9. The van der Waals surface area contributed by atoms with Crippen LogP contribution >= 0.6 is 33.9 Å². The largest absolute Gasteiger partial charge is 0.370 e. The topological polar surface area (TPSA) is 75.1 Å². The number of aromatic nitrogens is 3. The zero-order chi connectivity index (χ0) is 22.5. The molecule has 9 heteroatoms. The highest BCUT2D eigenvalue weighted by Crippen LogP contribution is 2.29. The zero-order valence-corrected chi connectivity index (χ0v) is 21.0. The molecule has 1 amide bonds. The van der Waals surface area contributed by atoms with Crippen LogP contribution < -0.4 is 14.8 Å². The third-order valence-corrected chi connectivity index (χ3v) is 7.17. The average molecular weight is 562 g/mol. The molecule has 0 aliphatic rings. The van der Waals surface area contributed by atoms with Gasteiger partial charge in [0.15, 0.2) is 12.1 Å². The second kappa shape index (κ2) is 10.4. The lowest BCUT2D eigenvalue weighted by Gasteiger charge is -2.20. The van der Waals surface area contributed by atoms with Crippen molar-refractivity contribution in [3.05, 3.63) is 47.0 Å². The maximum Gasteiger partial charge on any atom is 0.262 e. The molecule has 0 bridgehead atoms. The van der Waals surface area contributed by atoms with Crippen molar-refractivity contribution < 1.29 is 14.0 Å². The summed E-state index contributed by atoms with van der Waals surface area (Å²) in [6.45, 7) is 7.32. The highest BCUT2D eigenvalue weighted by Gasteiger charge is 2.19. The molecule has 0 unspecified atom stereocenters. The number of hydrogen-bond donors (Lipinski definition) is 1. The molecule has 0 aliphatic carbocycles. The van der Waals surface area contributed by atoms with Crippen molar-refractivity contribution in [1.29, 1.82) is 0 Å². The molecular formula is C23H25IN5O2S+. The maximum absolute atomic E-state index is 11.7. The minimum atomic E-state index is 0.0528. The monoisotopic (exact) mass is 562 g/mol. The second-order valence-corrected chi connectivity index (χ2v) is 9.01. The van der Waals surface area contributed by atoms with Gasteiger partial charge < -0.3 is 10.2 Å². The first-order chi connectivity index (χ1) is 15.7. The Labute approximate surface area is 204 Å². The molecule has 2 aromatic heterocycles. The first kappa shape index (κ1) is 22.7. The predicted octanol–water partition coefficient (Wildman–Crippen LogP) is 4.29. The van der Waals surface area contributed by atoms with Gasteiger partial charge in [-0.05, 0) is 42.4 Å². The van der Waals surface area contributed by atoms with Gasteiger partial charge in [0.2, 0.25) is 11.4 Å². The van der Waals surface area contributed by atoms with Crippen molar-refractivity contribution >= 4 is 78.9 Å². The lowest BCUT2D eigenvalue weighted by molar-refractivity contribution is -0.666. The molecule has 0 atom stereocenters. The van der Waals surface area contributed by atoms with Crippen molar-refractivity contribution in [2.24, 2.45) is 0 Å². The second-order valence-electron chi connectivity index (χ2n) is 7.18. The summed E-state index contributed by atoms with van der Waals surface area (Å²) in [6, 6.07) is 12.5. The van der Waals surface area contributed by atoms with Crippen LogP contribution in [0.25, 0.3) is 33.4 Å². The number of anilines is 1. The van der Waals surface area contributed by atoms with E-state index in [2.05, 4.69) is 98.0 Å². The molecule has 166 valence electrons. The van der Waals surface area contributed by atoms with E-state index in [-0.39, 0.29) is 5.91 Å². The van der Waals surface area contributed by atoms with Crippen LogP contribution in [0.15, 0.2) is 41.0 Å². The molecule has 0 spiro atoms. The van der Waals surface area contributed by atoms with Crippen LogP contribution in [0.1, 0.15) is 24.4 Å². The van der Waals surface area contributed by atoms with E-state index in [1.54, 1.807) is 11.3 Å². The number of fused-ring (bicyclic) bond motifs is 2. The number of nitrogens with zero attached hydrogens (tertiary/aromatic N) is 4. The normalized spacial score (nSPS) is 11.6. The molecule has 0 fully saturated rings. The average Bonchev–Trinajstić information content (AvgIpc) is 3.44. The van der Waals surface area contributed by atoms with Crippen molar-refractivity contribution in [3.63, 3.8) is 0 Å². The van der Waals surface area contributed by atoms with Crippen molar-refractivity contribution in [1.82, 2.24) is 15.6 Å². The van der Waals surface area contributed by atoms with Gasteiger partial charge in [0.25, 0.3) is 5.01 Å². The summed E-state index contributed by atoms with van der Waals surface area (Å²) in [5, 5.41) is 12.4. The SMILES string of the molecule is CCN(CC)c1ccc(/C=C/c2sc3ccccc3[n+]2CCNC(=O)CI)c2nonc12. The summed E-state index contributed by atoms with van der Waals surface area (Å²) in [5.41, 5.74) is 4.69. The van der Waals surface area contributed by atoms with Gasteiger partial charge in [-0.15, -0.1) is 0 Å². The fraction of sp³-hybridized carbons (Fsp3) is 0.304. The van der Waals surface area contributed by atoms with E-state index in [0.29, 0.717) is 17.5 Å². The molecule has 2 aromatic carbocycles. The van der Waals surface area contributed by atoms with Crippen molar-refractivity contribution in [3.8, 4) is 0 Å². The number of benzene rings is 2. The van der Waals surface area contributed by atoms with Crippen LogP contribution in [0.5, 0.6) is 0 Å². The summed E-state index contributed by atoms with van der Waals surface area (Å²) in [4.78, 5) is 13.9. The van der Waals surface area contributed by atoms with E-state index in [1.807, 2.05) is 12.1 Å². The van der Waals surface area contributed by atoms with Gasteiger partial charge in [-0.3, -0.25) is 4.79 Å². The minimum Gasteiger partial charge on any atom is -0.370 e. The highest BCUT2D eigenvalue weighted by molar-refractivity contribution is 14.1. The number of nitrogens with one attached hydrogen (secondary N) is 1. The van der Waals surface area contributed by atoms with Gasteiger partial charge in [-0.25, -0.2) is 4.63 Å². The van der Waals surface area contributed by atoms with E-state index >= 15 is 0 Å². The molecule has 7 nitrogen and oxygen atoms in total. The Morgan fingerprint density at radius 3 is 2.72 bits per heavy atom. The molecule has 0 radical (unpaired) electrons. The number of halogens is 1.